The SMILES string of the molecule is CC(Oc1ccccc1C(C)C)C(=O)NCCc1coc2ccccc12. The fourth-order valence-electron chi connectivity index (χ4n) is 3.00. The van der Waals surface area contributed by atoms with Crippen LogP contribution in [0.2, 0.25) is 0 Å². The van der Waals surface area contributed by atoms with Crippen molar-refractivity contribution in [3.05, 3.63) is 65.9 Å². The number of amides is 1. The molecule has 0 aliphatic rings. The highest BCUT2D eigenvalue weighted by Gasteiger charge is 2.17. The fourth-order valence-corrected chi connectivity index (χ4v) is 3.00. The molecule has 0 bridgehead atoms. The number of fused-ring (bicyclic) bond motifs is 1. The number of furan rings is 1. The van der Waals surface area contributed by atoms with E-state index in [9.17, 15) is 4.79 Å². The normalized spacial score (nSPS) is 12.3. The molecule has 0 radical (unpaired) electrons. The summed E-state index contributed by atoms with van der Waals surface area (Å²) < 4.78 is 11.4. The molecule has 2 aromatic carbocycles. The summed E-state index contributed by atoms with van der Waals surface area (Å²) in [6.45, 7) is 6.55. The molecule has 4 heteroatoms. The van der Waals surface area contributed by atoms with Crippen LogP contribution in [0.4, 0.5) is 0 Å². The molecule has 26 heavy (non-hydrogen) atoms. The highest BCUT2D eigenvalue weighted by Crippen LogP contribution is 2.26. The predicted molar refractivity (Wildman–Crippen MR) is 104 cm³/mol. The summed E-state index contributed by atoms with van der Waals surface area (Å²) >= 11 is 0. The van der Waals surface area contributed by atoms with E-state index in [0.717, 1.165) is 34.3 Å². The highest BCUT2D eigenvalue weighted by molar-refractivity contribution is 5.82. The van der Waals surface area contributed by atoms with E-state index in [0.29, 0.717) is 12.5 Å². The molecular formula is C22H25NO3. The van der Waals surface area contributed by atoms with Gasteiger partial charge in [-0.15, -0.1) is 0 Å². The monoisotopic (exact) mass is 351 g/mol. The Hall–Kier alpha value is -2.75. The van der Waals surface area contributed by atoms with Gasteiger partial charge in [0.15, 0.2) is 6.10 Å². The van der Waals surface area contributed by atoms with Crippen LogP contribution >= 0.6 is 0 Å². The predicted octanol–water partition coefficient (Wildman–Crippen LogP) is 4.68. The number of carbonyl (C=O) groups excluding carboxylic acids is 1. The van der Waals surface area contributed by atoms with E-state index < -0.39 is 6.10 Å². The Balaban J connectivity index is 1.55. The van der Waals surface area contributed by atoms with E-state index in [1.165, 1.54) is 0 Å². The highest BCUT2D eigenvalue weighted by atomic mass is 16.5. The third-order valence-electron chi connectivity index (χ3n) is 4.47. The molecule has 0 saturated carbocycles. The lowest BCUT2D eigenvalue weighted by Crippen LogP contribution is -2.37. The first-order chi connectivity index (χ1) is 12.6. The van der Waals surface area contributed by atoms with Crippen LogP contribution in [0.5, 0.6) is 5.75 Å². The van der Waals surface area contributed by atoms with Gasteiger partial charge in [0.05, 0.1) is 6.26 Å². The fraction of sp³-hybridized carbons (Fsp3) is 0.318. The number of nitrogens with one attached hydrogen (secondary N) is 1. The molecule has 0 saturated heterocycles. The van der Waals surface area contributed by atoms with Crippen molar-refractivity contribution in [2.24, 2.45) is 0 Å². The van der Waals surface area contributed by atoms with Crippen LogP contribution in [0.15, 0.2) is 59.2 Å². The molecule has 3 rings (SSSR count). The molecule has 1 heterocycles. The third-order valence-corrected chi connectivity index (χ3v) is 4.47. The van der Waals surface area contributed by atoms with Crippen molar-refractivity contribution in [3.8, 4) is 5.75 Å². The Labute approximate surface area is 154 Å². The Bertz CT molecular complexity index is 882. The van der Waals surface area contributed by atoms with Gasteiger partial charge in [-0.05, 0) is 42.5 Å². The van der Waals surface area contributed by atoms with Gasteiger partial charge in [0.1, 0.15) is 11.3 Å². The number of ether oxygens (including phenoxy) is 1. The number of carbonyl (C=O) groups is 1. The van der Waals surface area contributed by atoms with Gasteiger partial charge < -0.3 is 14.5 Å². The molecule has 1 aromatic heterocycles. The van der Waals surface area contributed by atoms with Gasteiger partial charge in [0.2, 0.25) is 0 Å². The minimum Gasteiger partial charge on any atom is -0.481 e. The molecule has 1 amide bonds. The summed E-state index contributed by atoms with van der Waals surface area (Å²) in [6.07, 6.45) is 1.93. The van der Waals surface area contributed by atoms with Crippen molar-refractivity contribution >= 4 is 16.9 Å². The Morgan fingerprint density at radius 2 is 1.81 bits per heavy atom. The first-order valence-electron chi connectivity index (χ1n) is 9.04. The zero-order valence-corrected chi connectivity index (χ0v) is 15.5. The second-order valence-electron chi connectivity index (χ2n) is 6.75. The van der Waals surface area contributed by atoms with Crippen molar-refractivity contribution in [3.63, 3.8) is 0 Å². The van der Waals surface area contributed by atoms with Crippen LogP contribution in [0, 0.1) is 0 Å². The molecule has 136 valence electrons. The summed E-state index contributed by atoms with van der Waals surface area (Å²) in [7, 11) is 0. The third kappa shape index (κ3) is 4.07. The van der Waals surface area contributed by atoms with E-state index >= 15 is 0 Å². The summed E-state index contributed by atoms with van der Waals surface area (Å²) in [5.74, 6) is 0.998. The first kappa shape index (κ1) is 18.1. The smallest absolute Gasteiger partial charge is 0.260 e. The van der Waals surface area contributed by atoms with E-state index in [1.54, 1.807) is 13.2 Å². The lowest BCUT2D eigenvalue weighted by molar-refractivity contribution is -0.127. The molecule has 3 aromatic rings. The standard InChI is InChI=1S/C22H25NO3/c1-15(2)18-8-4-7-11-21(18)26-16(3)22(24)23-13-12-17-14-25-20-10-6-5-9-19(17)20/h4-11,14-16H,12-13H2,1-3H3,(H,23,24). The van der Waals surface area contributed by atoms with Gasteiger partial charge in [-0.2, -0.15) is 0 Å². The average molecular weight is 351 g/mol. The molecule has 4 nitrogen and oxygen atoms in total. The number of hydrogen-bond acceptors (Lipinski definition) is 3. The summed E-state index contributed by atoms with van der Waals surface area (Å²) in [5, 5.41) is 4.04. The van der Waals surface area contributed by atoms with E-state index in [4.69, 9.17) is 9.15 Å². The van der Waals surface area contributed by atoms with Crippen LogP contribution in [0.3, 0.4) is 0 Å². The maximum Gasteiger partial charge on any atom is 0.260 e. The quantitative estimate of drug-likeness (QED) is 0.672. The molecule has 0 aliphatic heterocycles. The lowest BCUT2D eigenvalue weighted by Gasteiger charge is -2.18. The van der Waals surface area contributed by atoms with Gasteiger partial charge in [-0.3, -0.25) is 4.79 Å². The van der Waals surface area contributed by atoms with Crippen LogP contribution in [0.25, 0.3) is 11.0 Å². The maximum atomic E-state index is 12.4. The van der Waals surface area contributed by atoms with E-state index in [1.807, 2.05) is 48.5 Å². The molecule has 1 N–H and O–H groups in total. The maximum absolute atomic E-state index is 12.4. The minimum absolute atomic E-state index is 0.114. The Morgan fingerprint density at radius 3 is 2.62 bits per heavy atom. The molecule has 0 spiro atoms. The van der Waals surface area contributed by atoms with Crippen molar-refractivity contribution in [2.45, 2.75) is 39.2 Å². The van der Waals surface area contributed by atoms with Crippen molar-refractivity contribution < 1.29 is 13.9 Å². The van der Waals surface area contributed by atoms with Crippen molar-refractivity contribution in [2.75, 3.05) is 6.54 Å². The van der Waals surface area contributed by atoms with Crippen molar-refractivity contribution in [1.29, 1.82) is 0 Å². The largest absolute Gasteiger partial charge is 0.481 e. The minimum atomic E-state index is -0.545. The number of hydrogen-bond donors (Lipinski definition) is 1. The van der Waals surface area contributed by atoms with Gasteiger partial charge in [0.25, 0.3) is 5.91 Å². The van der Waals surface area contributed by atoms with Crippen LogP contribution in [-0.2, 0) is 11.2 Å². The molecular weight excluding hydrogens is 326 g/mol. The van der Waals surface area contributed by atoms with Gasteiger partial charge in [-0.25, -0.2) is 0 Å². The molecule has 0 fully saturated rings. The lowest BCUT2D eigenvalue weighted by atomic mass is 10.0. The second-order valence-corrected chi connectivity index (χ2v) is 6.75. The zero-order valence-electron chi connectivity index (χ0n) is 15.5. The van der Waals surface area contributed by atoms with Crippen LogP contribution in [-0.4, -0.2) is 18.6 Å². The summed E-state index contributed by atoms with van der Waals surface area (Å²) in [5.41, 5.74) is 3.08. The first-order valence-corrected chi connectivity index (χ1v) is 9.04. The number of rotatable bonds is 7. The van der Waals surface area contributed by atoms with Gasteiger partial charge in [-0.1, -0.05) is 50.2 Å². The summed E-state index contributed by atoms with van der Waals surface area (Å²) in [6, 6.07) is 15.8. The zero-order chi connectivity index (χ0) is 18.5. The topological polar surface area (TPSA) is 51.5 Å². The molecule has 1 atom stereocenters. The number of para-hydroxylation sites is 2. The van der Waals surface area contributed by atoms with Crippen LogP contribution in [0.1, 0.15) is 37.8 Å². The van der Waals surface area contributed by atoms with E-state index in [-0.39, 0.29) is 5.91 Å². The van der Waals surface area contributed by atoms with E-state index in [2.05, 4.69) is 19.2 Å². The molecule has 1 unspecified atom stereocenters. The Morgan fingerprint density at radius 1 is 1.08 bits per heavy atom. The van der Waals surface area contributed by atoms with Crippen LogP contribution < -0.4 is 10.1 Å². The molecule has 0 aliphatic carbocycles. The average Bonchev–Trinajstić information content (AvgIpc) is 3.05. The Kier molecular flexibility index (Phi) is 5.61. The van der Waals surface area contributed by atoms with Gasteiger partial charge >= 0.3 is 0 Å². The van der Waals surface area contributed by atoms with Gasteiger partial charge in [0, 0.05) is 11.9 Å². The number of benzene rings is 2. The summed E-state index contributed by atoms with van der Waals surface area (Å²) in [4.78, 5) is 12.4. The van der Waals surface area contributed by atoms with Crippen molar-refractivity contribution in [1.82, 2.24) is 5.32 Å². The second kappa shape index (κ2) is 8.09.